The van der Waals surface area contributed by atoms with Crippen molar-refractivity contribution in [3.8, 4) is 5.75 Å². The van der Waals surface area contributed by atoms with Crippen LogP contribution in [0.15, 0.2) is 53.8 Å². The van der Waals surface area contributed by atoms with Crippen LogP contribution in [-0.4, -0.2) is 38.8 Å². The van der Waals surface area contributed by atoms with E-state index >= 15 is 0 Å². The summed E-state index contributed by atoms with van der Waals surface area (Å²) in [6.07, 6.45) is 4.36. The van der Waals surface area contributed by atoms with Gasteiger partial charge >= 0.3 is 0 Å². The maximum Gasteiger partial charge on any atom is 0.232 e. The van der Waals surface area contributed by atoms with Crippen molar-refractivity contribution in [2.75, 3.05) is 0 Å². The summed E-state index contributed by atoms with van der Waals surface area (Å²) in [6, 6.07) is 11.0. The second kappa shape index (κ2) is 8.55. The molecule has 2 aliphatic heterocycles. The van der Waals surface area contributed by atoms with Crippen LogP contribution < -0.4 is 15.8 Å². The quantitative estimate of drug-likeness (QED) is 0.606. The Labute approximate surface area is 225 Å². The standard InChI is InChI=1S/C30H39N5O3/c1-27(2)16-22(36)35(26(31)34-27)24(18-11-10-14-32-17-18)30(7)23(29(30,5)6)25(37)33-20-15-28(3,4)38-21-13-9-8-12-19(20)21/h8-14,17,20,23-24H,15-16H2,1-7H3,(H2,31,34)(H,33,37)/t20-,23?,24?,30-/m0/s1. The second-order valence-electron chi connectivity index (χ2n) is 13.0. The predicted molar refractivity (Wildman–Crippen MR) is 146 cm³/mol. The Hall–Kier alpha value is -3.42. The third-order valence-electron chi connectivity index (χ3n) is 8.92. The molecule has 2 unspecified atom stereocenters. The van der Waals surface area contributed by atoms with Gasteiger partial charge in [-0.2, -0.15) is 0 Å². The van der Waals surface area contributed by atoms with Gasteiger partial charge in [0.2, 0.25) is 11.8 Å². The zero-order chi connectivity index (χ0) is 27.7. The normalized spacial score (nSPS) is 29.4. The maximum absolute atomic E-state index is 14.1. The first-order valence-corrected chi connectivity index (χ1v) is 13.3. The fourth-order valence-corrected chi connectivity index (χ4v) is 6.87. The Bertz CT molecular complexity index is 1300. The molecule has 0 bridgehead atoms. The first-order chi connectivity index (χ1) is 17.7. The van der Waals surface area contributed by atoms with Crippen LogP contribution in [0.25, 0.3) is 0 Å². The lowest BCUT2D eigenvalue weighted by atomic mass is 9.83. The number of carbonyl (C=O) groups is 2. The molecule has 8 heteroatoms. The van der Waals surface area contributed by atoms with Crippen molar-refractivity contribution in [1.82, 2.24) is 15.2 Å². The SMILES string of the molecule is CC1(C)CC(=O)N(C(c2cccnc2)[C@]2(C)C(C(=O)N[C@H]3CC(C)(C)Oc4ccccc43)C2(C)C)C(N)=N1. The van der Waals surface area contributed by atoms with Gasteiger partial charge in [-0.1, -0.05) is 45.0 Å². The lowest BCUT2D eigenvalue weighted by Gasteiger charge is -2.41. The first kappa shape index (κ1) is 26.2. The Morgan fingerprint density at radius 1 is 1.11 bits per heavy atom. The van der Waals surface area contributed by atoms with Crippen LogP contribution >= 0.6 is 0 Å². The van der Waals surface area contributed by atoms with E-state index in [1.807, 2.05) is 64.1 Å². The number of guanidine groups is 1. The molecular weight excluding hydrogens is 478 g/mol. The van der Waals surface area contributed by atoms with E-state index in [0.717, 1.165) is 16.9 Å². The van der Waals surface area contributed by atoms with Crippen molar-refractivity contribution >= 4 is 17.8 Å². The average molecular weight is 518 g/mol. The minimum Gasteiger partial charge on any atom is -0.487 e. The topological polar surface area (TPSA) is 110 Å². The number of ether oxygens (including phenoxy) is 1. The molecule has 3 heterocycles. The Kier molecular flexibility index (Phi) is 5.89. The summed E-state index contributed by atoms with van der Waals surface area (Å²) in [5.41, 5.74) is 6.26. The van der Waals surface area contributed by atoms with Crippen molar-refractivity contribution in [3.63, 3.8) is 0 Å². The van der Waals surface area contributed by atoms with E-state index in [1.54, 1.807) is 17.3 Å². The van der Waals surface area contributed by atoms with Gasteiger partial charge in [-0.3, -0.25) is 19.5 Å². The number of nitrogens with one attached hydrogen (secondary N) is 1. The van der Waals surface area contributed by atoms with Crippen LogP contribution in [0.1, 0.15) is 84.5 Å². The van der Waals surface area contributed by atoms with Crippen LogP contribution in [0.5, 0.6) is 5.75 Å². The molecule has 0 radical (unpaired) electrons. The van der Waals surface area contributed by atoms with E-state index in [0.29, 0.717) is 6.42 Å². The summed E-state index contributed by atoms with van der Waals surface area (Å²) in [4.78, 5) is 38.2. The number of nitrogens with zero attached hydrogens (tertiary/aromatic N) is 3. The fourth-order valence-electron chi connectivity index (χ4n) is 6.87. The van der Waals surface area contributed by atoms with Crippen molar-refractivity contribution < 1.29 is 14.3 Å². The molecule has 1 saturated carbocycles. The van der Waals surface area contributed by atoms with Gasteiger partial charge in [-0.05, 0) is 50.8 Å². The number of nitrogens with two attached hydrogens (primary N) is 1. The molecule has 1 aromatic heterocycles. The van der Waals surface area contributed by atoms with Crippen molar-refractivity contribution in [1.29, 1.82) is 0 Å². The van der Waals surface area contributed by atoms with Gasteiger partial charge in [0.1, 0.15) is 11.4 Å². The van der Waals surface area contributed by atoms with E-state index in [4.69, 9.17) is 10.5 Å². The summed E-state index contributed by atoms with van der Waals surface area (Å²) >= 11 is 0. The molecule has 4 atom stereocenters. The summed E-state index contributed by atoms with van der Waals surface area (Å²) in [5, 5.41) is 3.35. The van der Waals surface area contributed by atoms with Gasteiger partial charge in [0.25, 0.3) is 0 Å². The van der Waals surface area contributed by atoms with Gasteiger partial charge in [0, 0.05) is 29.8 Å². The van der Waals surface area contributed by atoms with Crippen LogP contribution in [0.3, 0.4) is 0 Å². The summed E-state index contributed by atoms with van der Waals surface area (Å²) < 4.78 is 6.18. The molecule has 1 aliphatic carbocycles. The van der Waals surface area contributed by atoms with Gasteiger partial charge in [0.15, 0.2) is 5.96 Å². The van der Waals surface area contributed by atoms with Crippen LogP contribution in [-0.2, 0) is 9.59 Å². The zero-order valence-electron chi connectivity index (χ0n) is 23.4. The molecule has 8 nitrogen and oxygen atoms in total. The number of aliphatic imine (C=N–C) groups is 1. The van der Waals surface area contributed by atoms with E-state index < -0.39 is 28.0 Å². The van der Waals surface area contributed by atoms with E-state index in [2.05, 4.69) is 36.1 Å². The van der Waals surface area contributed by atoms with Crippen molar-refractivity contribution in [2.45, 2.75) is 84.5 Å². The Morgan fingerprint density at radius 2 is 1.82 bits per heavy atom. The lowest BCUT2D eigenvalue weighted by Crippen LogP contribution is -2.53. The number of hydrogen-bond acceptors (Lipinski definition) is 6. The number of aromatic nitrogens is 1. The molecule has 2 amide bonds. The maximum atomic E-state index is 14.1. The summed E-state index contributed by atoms with van der Waals surface area (Å²) in [7, 11) is 0. The number of pyridine rings is 1. The largest absolute Gasteiger partial charge is 0.487 e. The number of amides is 2. The second-order valence-corrected chi connectivity index (χ2v) is 13.0. The molecule has 38 heavy (non-hydrogen) atoms. The van der Waals surface area contributed by atoms with Gasteiger partial charge in [-0.25, -0.2) is 4.99 Å². The number of hydrogen-bond donors (Lipinski definition) is 2. The molecule has 0 saturated heterocycles. The Balaban J connectivity index is 1.51. The molecular formula is C30H39N5O3. The van der Waals surface area contributed by atoms with Gasteiger partial charge in [-0.15, -0.1) is 0 Å². The number of carbonyl (C=O) groups excluding carboxylic acids is 2. The molecule has 202 valence electrons. The number of rotatable bonds is 5. The molecule has 0 spiro atoms. The highest BCUT2D eigenvalue weighted by Gasteiger charge is 2.76. The summed E-state index contributed by atoms with van der Waals surface area (Å²) in [5.74, 6) is 0.478. The number of fused-ring (bicyclic) bond motifs is 1. The van der Waals surface area contributed by atoms with Crippen LogP contribution in [0.4, 0.5) is 0 Å². The highest BCUT2D eigenvalue weighted by Crippen LogP contribution is 2.75. The third kappa shape index (κ3) is 4.14. The molecule has 1 aromatic carbocycles. The molecule has 3 N–H and O–H groups in total. The molecule has 2 aromatic rings. The van der Waals surface area contributed by atoms with E-state index in [9.17, 15) is 9.59 Å². The molecule has 5 rings (SSSR count). The minimum atomic E-state index is -0.613. The van der Waals surface area contributed by atoms with Crippen LogP contribution in [0, 0.1) is 16.7 Å². The molecule has 1 fully saturated rings. The van der Waals surface area contributed by atoms with Crippen molar-refractivity contribution in [3.05, 3.63) is 59.9 Å². The molecule has 3 aliphatic rings. The highest BCUT2D eigenvalue weighted by atomic mass is 16.5. The Morgan fingerprint density at radius 3 is 2.47 bits per heavy atom. The first-order valence-electron chi connectivity index (χ1n) is 13.3. The number of para-hydroxylation sites is 1. The average Bonchev–Trinajstić information content (AvgIpc) is 3.27. The minimum absolute atomic E-state index is 0.0378. The van der Waals surface area contributed by atoms with E-state index in [-0.39, 0.29) is 36.2 Å². The smallest absolute Gasteiger partial charge is 0.232 e. The third-order valence-corrected chi connectivity index (χ3v) is 8.92. The zero-order valence-corrected chi connectivity index (χ0v) is 23.4. The van der Waals surface area contributed by atoms with Gasteiger partial charge in [0.05, 0.1) is 30.0 Å². The summed E-state index contributed by atoms with van der Waals surface area (Å²) in [6.45, 7) is 14.1. The van der Waals surface area contributed by atoms with Gasteiger partial charge < -0.3 is 15.8 Å². The fraction of sp³-hybridized carbons (Fsp3) is 0.533. The van der Waals surface area contributed by atoms with E-state index in [1.165, 1.54) is 0 Å². The van der Waals surface area contributed by atoms with Crippen molar-refractivity contribution in [2.24, 2.45) is 27.5 Å². The van der Waals surface area contributed by atoms with Crippen LogP contribution in [0.2, 0.25) is 0 Å². The monoisotopic (exact) mass is 517 g/mol. The number of benzene rings is 1. The highest BCUT2D eigenvalue weighted by molar-refractivity contribution is 6.00. The predicted octanol–water partition coefficient (Wildman–Crippen LogP) is 4.53. The lowest BCUT2D eigenvalue weighted by molar-refractivity contribution is -0.133.